The zero-order valence-corrected chi connectivity index (χ0v) is 34.9. The predicted octanol–water partition coefficient (Wildman–Crippen LogP) is 13.0. The molecule has 0 atom stereocenters. The number of fused-ring (bicyclic) bond motifs is 6. The number of hydrogen-bond acceptors (Lipinski definition) is 3. The van der Waals surface area contributed by atoms with E-state index in [2.05, 4.69) is 240 Å². The Balaban J connectivity index is 1.12. The maximum absolute atomic E-state index is 6.53. The van der Waals surface area contributed by atoms with Crippen molar-refractivity contribution in [3.63, 3.8) is 0 Å². The SMILES string of the molecule is c1ccc(N2c3ccccc3[Si](c3ccccc3)(c3ccccc3)c3ccc(N(c4ccc(-c5cccc6ccccc56)cc4)c4ccc5c(c4)oc4ccccc45)cc32)cc1. The van der Waals surface area contributed by atoms with E-state index in [4.69, 9.17) is 4.42 Å². The molecule has 0 radical (unpaired) electrons. The Hall–Kier alpha value is -7.92. The minimum atomic E-state index is -2.87. The van der Waals surface area contributed by atoms with Crippen molar-refractivity contribution >= 4 is 95.7 Å². The molecule has 0 aliphatic carbocycles. The van der Waals surface area contributed by atoms with Crippen LogP contribution in [-0.4, -0.2) is 8.07 Å². The van der Waals surface area contributed by atoms with Gasteiger partial charge in [0.05, 0.1) is 0 Å². The minimum absolute atomic E-state index is 0.860. The lowest BCUT2D eigenvalue weighted by molar-refractivity contribution is 0.669. The van der Waals surface area contributed by atoms with Crippen LogP contribution in [-0.2, 0) is 0 Å². The van der Waals surface area contributed by atoms with Gasteiger partial charge in [-0.05, 0) is 103 Å². The monoisotopic (exact) mass is 808 g/mol. The second-order valence-electron chi connectivity index (χ2n) is 16.1. The summed E-state index contributed by atoms with van der Waals surface area (Å²) in [4.78, 5) is 4.87. The van der Waals surface area contributed by atoms with Gasteiger partial charge < -0.3 is 14.2 Å². The Bertz CT molecular complexity index is 3370. The Morgan fingerprint density at radius 3 is 1.71 bits per heavy atom. The predicted molar refractivity (Wildman–Crippen MR) is 263 cm³/mol. The van der Waals surface area contributed by atoms with Crippen molar-refractivity contribution in [2.75, 3.05) is 9.80 Å². The molecular weight excluding hydrogens is 769 g/mol. The zero-order valence-electron chi connectivity index (χ0n) is 33.9. The summed E-state index contributed by atoms with van der Waals surface area (Å²) in [6, 6.07) is 88.7. The van der Waals surface area contributed by atoms with Gasteiger partial charge in [-0.15, -0.1) is 0 Å². The van der Waals surface area contributed by atoms with Gasteiger partial charge in [0, 0.05) is 51.0 Å². The van der Waals surface area contributed by atoms with Gasteiger partial charge in [-0.2, -0.15) is 0 Å². The van der Waals surface area contributed by atoms with Crippen LogP contribution in [0.25, 0.3) is 43.8 Å². The summed E-state index contributed by atoms with van der Waals surface area (Å²) in [5.41, 5.74) is 10.8. The number of hydrogen-bond donors (Lipinski definition) is 0. The summed E-state index contributed by atoms with van der Waals surface area (Å²) in [6.07, 6.45) is 0. The standard InChI is InChI=1S/C58H40N2OSi/c1-4-19-43(20-5-1)60-53-28-13-15-30-57(53)62(47-21-6-2-7-22-47,48-23-8-3-9-24-48)58-38-36-45(39-54(58)60)59(46-35-37-52-51-26-12-14-29-55(51)61-56(52)40-46)44-33-31-42(32-34-44)50-27-16-18-41-17-10-11-25-49(41)50/h1-40H. The molecule has 1 aliphatic heterocycles. The third kappa shape index (κ3) is 5.65. The highest BCUT2D eigenvalue weighted by Crippen LogP contribution is 2.44. The van der Waals surface area contributed by atoms with E-state index in [0.29, 0.717) is 0 Å². The molecule has 0 amide bonds. The van der Waals surface area contributed by atoms with E-state index >= 15 is 0 Å². The molecule has 0 spiro atoms. The second-order valence-corrected chi connectivity index (χ2v) is 19.8. The van der Waals surface area contributed by atoms with Gasteiger partial charge in [-0.1, -0.05) is 176 Å². The van der Waals surface area contributed by atoms with Crippen LogP contribution in [0.3, 0.4) is 0 Å². The van der Waals surface area contributed by atoms with Gasteiger partial charge in [0.1, 0.15) is 11.2 Å². The molecule has 0 unspecified atom stereocenters. The van der Waals surface area contributed by atoms with Crippen LogP contribution in [0, 0.1) is 0 Å². The lowest BCUT2D eigenvalue weighted by atomic mass is 9.98. The lowest BCUT2D eigenvalue weighted by Gasteiger charge is -2.45. The molecule has 0 fully saturated rings. The number of anilines is 6. The maximum Gasteiger partial charge on any atom is 0.184 e. The number of rotatable bonds is 7. The van der Waals surface area contributed by atoms with E-state index in [9.17, 15) is 0 Å². The Kier molecular flexibility index (Phi) is 8.51. The lowest BCUT2D eigenvalue weighted by Crippen LogP contribution is -2.77. The molecule has 12 rings (SSSR count). The smallest absolute Gasteiger partial charge is 0.184 e. The van der Waals surface area contributed by atoms with Crippen LogP contribution in [0.4, 0.5) is 34.1 Å². The average Bonchev–Trinajstić information content (AvgIpc) is 3.72. The molecule has 10 aromatic carbocycles. The fraction of sp³-hybridized carbons (Fsp3) is 0. The van der Waals surface area contributed by atoms with E-state index < -0.39 is 8.07 Å². The van der Waals surface area contributed by atoms with Crippen LogP contribution in [0.2, 0.25) is 0 Å². The van der Waals surface area contributed by atoms with Crippen LogP contribution in [0.1, 0.15) is 0 Å². The van der Waals surface area contributed by atoms with Gasteiger partial charge >= 0.3 is 0 Å². The molecule has 11 aromatic rings. The second kappa shape index (κ2) is 14.7. The van der Waals surface area contributed by atoms with Crippen molar-refractivity contribution in [2.45, 2.75) is 0 Å². The Morgan fingerprint density at radius 1 is 0.371 bits per heavy atom. The fourth-order valence-electron chi connectivity index (χ4n) is 10.0. The van der Waals surface area contributed by atoms with Gasteiger partial charge in [0.15, 0.2) is 8.07 Å². The number of para-hydroxylation sites is 3. The summed E-state index contributed by atoms with van der Waals surface area (Å²) < 4.78 is 6.53. The highest BCUT2D eigenvalue weighted by Gasteiger charge is 2.49. The summed E-state index contributed by atoms with van der Waals surface area (Å²) in [5.74, 6) is 0. The molecular formula is C58H40N2OSi. The summed E-state index contributed by atoms with van der Waals surface area (Å²) in [5, 5.41) is 10.1. The van der Waals surface area contributed by atoms with Crippen LogP contribution >= 0.6 is 0 Å². The topological polar surface area (TPSA) is 19.6 Å². The van der Waals surface area contributed by atoms with Crippen molar-refractivity contribution in [3.05, 3.63) is 243 Å². The van der Waals surface area contributed by atoms with E-state index in [1.165, 1.54) is 54.0 Å². The largest absolute Gasteiger partial charge is 0.456 e. The van der Waals surface area contributed by atoms with Gasteiger partial charge in [0.2, 0.25) is 0 Å². The van der Waals surface area contributed by atoms with Crippen molar-refractivity contribution in [3.8, 4) is 11.1 Å². The average molecular weight is 809 g/mol. The summed E-state index contributed by atoms with van der Waals surface area (Å²) in [7, 11) is -2.87. The van der Waals surface area contributed by atoms with E-state index in [0.717, 1.165) is 44.7 Å². The molecule has 0 saturated heterocycles. The Labute approximate surface area is 362 Å². The van der Waals surface area contributed by atoms with Crippen molar-refractivity contribution in [2.24, 2.45) is 0 Å². The first-order valence-electron chi connectivity index (χ1n) is 21.3. The molecule has 1 aromatic heterocycles. The van der Waals surface area contributed by atoms with E-state index in [1.54, 1.807) is 0 Å². The highest BCUT2D eigenvalue weighted by atomic mass is 28.3. The third-order valence-electron chi connectivity index (χ3n) is 12.7. The molecule has 0 saturated carbocycles. The normalized spacial score (nSPS) is 12.9. The van der Waals surface area contributed by atoms with Gasteiger partial charge in [-0.3, -0.25) is 0 Å². The molecule has 3 nitrogen and oxygen atoms in total. The maximum atomic E-state index is 6.53. The van der Waals surface area contributed by atoms with E-state index in [-0.39, 0.29) is 0 Å². The van der Waals surface area contributed by atoms with Crippen molar-refractivity contribution in [1.29, 1.82) is 0 Å². The van der Waals surface area contributed by atoms with Gasteiger partial charge in [-0.25, -0.2) is 0 Å². The molecule has 292 valence electrons. The number of nitrogens with zero attached hydrogens (tertiary/aromatic N) is 2. The van der Waals surface area contributed by atoms with E-state index in [1.807, 2.05) is 12.1 Å². The first-order chi connectivity index (χ1) is 30.8. The Morgan fingerprint density at radius 2 is 0.935 bits per heavy atom. The molecule has 2 heterocycles. The first-order valence-corrected chi connectivity index (χ1v) is 23.3. The van der Waals surface area contributed by atoms with Crippen molar-refractivity contribution < 1.29 is 4.42 Å². The molecule has 4 heteroatoms. The third-order valence-corrected chi connectivity index (χ3v) is 17.6. The summed E-state index contributed by atoms with van der Waals surface area (Å²) in [6.45, 7) is 0. The highest BCUT2D eigenvalue weighted by molar-refractivity contribution is 7.21. The molecule has 1 aliphatic rings. The first kappa shape index (κ1) is 36.0. The van der Waals surface area contributed by atoms with Crippen molar-refractivity contribution in [1.82, 2.24) is 0 Å². The quantitative estimate of drug-likeness (QED) is 0.150. The number of furan rings is 1. The minimum Gasteiger partial charge on any atom is -0.456 e. The molecule has 0 bridgehead atoms. The van der Waals surface area contributed by atoms with Crippen LogP contribution < -0.4 is 30.5 Å². The zero-order chi connectivity index (χ0) is 41.0. The van der Waals surface area contributed by atoms with Gasteiger partial charge in [0.25, 0.3) is 0 Å². The summed E-state index contributed by atoms with van der Waals surface area (Å²) >= 11 is 0. The number of benzene rings is 10. The fourth-order valence-corrected chi connectivity index (χ4v) is 15.1. The molecule has 62 heavy (non-hydrogen) atoms. The molecule has 0 N–H and O–H groups in total. The van der Waals surface area contributed by atoms with Crippen LogP contribution in [0.15, 0.2) is 247 Å². The van der Waals surface area contributed by atoms with Crippen LogP contribution in [0.5, 0.6) is 0 Å².